The first-order chi connectivity index (χ1) is 8.99. The molecule has 0 atom stereocenters. The molecule has 5 nitrogen and oxygen atoms in total. The van der Waals surface area contributed by atoms with Crippen molar-refractivity contribution in [3.05, 3.63) is 55.4 Å². The predicted molar refractivity (Wildman–Crippen MR) is 73.3 cm³/mol. The van der Waals surface area contributed by atoms with Gasteiger partial charge in [0, 0.05) is 17.0 Å². The van der Waals surface area contributed by atoms with E-state index in [0.29, 0.717) is 15.6 Å². The molecule has 0 radical (unpaired) electrons. The van der Waals surface area contributed by atoms with Crippen LogP contribution in [0.15, 0.2) is 22.7 Å². The minimum atomic E-state index is -0.533. The Morgan fingerprint density at radius 1 is 1.37 bits per heavy atom. The molecule has 0 aliphatic carbocycles. The Morgan fingerprint density at radius 3 is 2.74 bits per heavy atom. The number of aromatic nitrogens is 1. The minimum absolute atomic E-state index is 0.147. The van der Waals surface area contributed by atoms with E-state index in [0.717, 1.165) is 0 Å². The van der Waals surface area contributed by atoms with Gasteiger partial charge in [-0.15, -0.1) is 0 Å². The highest BCUT2D eigenvalue weighted by Crippen LogP contribution is 2.26. The lowest BCUT2D eigenvalue weighted by atomic mass is 10.2. The van der Waals surface area contributed by atoms with Gasteiger partial charge in [0.05, 0.1) is 4.92 Å². The molecule has 1 heterocycles. The van der Waals surface area contributed by atoms with E-state index in [2.05, 4.69) is 5.16 Å². The molecule has 0 aliphatic rings. The molecule has 0 unspecified atom stereocenters. The summed E-state index contributed by atoms with van der Waals surface area (Å²) >= 11 is 11.8. The van der Waals surface area contributed by atoms with Crippen LogP contribution >= 0.6 is 23.2 Å². The van der Waals surface area contributed by atoms with E-state index in [-0.39, 0.29) is 17.1 Å². The summed E-state index contributed by atoms with van der Waals surface area (Å²) in [7, 11) is 0. The summed E-state index contributed by atoms with van der Waals surface area (Å²) in [5.74, 6) is 0.159. The van der Waals surface area contributed by atoms with Crippen LogP contribution < -0.4 is 0 Å². The molecule has 0 N–H and O–H groups in total. The van der Waals surface area contributed by atoms with Gasteiger partial charge in [-0.25, -0.2) is 0 Å². The van der Waals surface area contributed by atoms with Gasteiger partial charge >= 0.3 is 5.69 Å². The van der Waals surface area contributed by atoms with Crippen LogP contribution in [0.2, 0.25) is 10.0 Å². The molecule has 0 spiro atoms. The van der Waals surface area contributed by atoms with Crippen LogP contribution in [-0.4, -0.2) is 10.1 Å². The molecule has 0 fully saturated rings. The standard InChI is InChI=1S/C12H8Cl2N2O3/c1-7-12(16(17)18)11(15-19-7)5-3-8-2-4-9(13)6-10(8)14/h2-6H,1H3. The van der Waals surface area contributed by atoms with E-state index >= 15 is 0 Å². The number of benzene rings is 1. The van der Waals surface area contributed by atoms with Gasteiger partial charge in [0.25, 0.3) is 0 Å². The van der Waals surface area contributed by atoms with E-state index in [1.807, 2.05) is 0 Å². The van der Waals surface area contributed by atoms with Gasteiger partial charge in [0.2, 0.25) is 5.76 Å². The summed E-state index contributed by atoms with van der Waals surface area (Å²) < 4.78 is 4.80. The van der Waals surface area contributed by atoms with Crippen LogP contribution in [0.3, 0.4) is 0 Å². The Morgan fingerprint density at radius 2 is 2.11 bits per heavy atom. The fourth-order valence-corrected chi connectivity index (χ4v) is 1.99. The number of halogens is 2. The normalized spacial score (nSPS) is 11.1. The third-order valence-corrected chi connectivity index (χ3v) is 2.99. The van der Waals surface area contributed by atoms with E-state index in [1.165, 1.54) is 13.0 Å². The molecule has 19 heavy (non-hydrogen) atoms. The summed E-state index contributed by atoms with van der Waals surface area (Å²) in [5, 5.41) is 15.5. The van der Waals surface area contributed by atoms with Crippen LogP contribution in [0.5, 0.6) is 0 Å². The van der Waals surface area contributed by atoms with Crippen LogP contribution in [0.1, 0.15) is 17.0 Å². The molecule has 0 bridgehead atoms. The quantitative estimate of drug-likeness (QED) is 0.623. The summed E-state index contributed by atoms with van der Waals surface area (Å²) in [6.45, 7) is 1.48. The Labute approximate surface area is 118 Å². The van der Waals surface area contributed by atoms with Gasteiger partial charge < -0.3 is 4.52 Å². The summed E-state index contributed by atoms with van der Waals surface area (Å²) in [4.78, 5) is 10.3. The van der Waals surface area contributed by atoms with Crippen molar-refractivity contribution < 1.29 is 9.45 Å². The molecule has 1 aromatic heterocycles. The van der Waals surface area contributed by atoms with Crippen molar-refractivity contribution in [2.24, 2.45) is 0 Å². The van der Waals surface area contributed by atoms with Gasteiger partial charge in [-0.2, -0.15) is 0 Å². The highest BCUT2D eigenvalue weighted by molar-refractivity contribution is 6.35. The van der Waals surface area contributed by atoms with Crippen molar-refractivity contribution in [1.29, 1.82) is 0 Å². The van der Waals surface area contributed by atoms with Crippen LogP contribution in [0, 0.1) is 17.0 Å². The predicted octanol–water partition coefficient (Wildman–Crippen LogP) is 4.37. The lowest BCUT2D eigenvalue weighted by Crippen LogP contribution is -1.90. The van der Waals surface area contributed by atoms with Crippen molar-refractivity contribution in [3.63, 3.8) is 0 Å². The van der Waals surface area contributed by atoms with Crippen molar-refractivity contribution in [2.45, 2.75) is 6.92 Å². The summed E-state index contributed by atoms with van der Waals surface area (Å²) in [6.07, 6.45) is 3.09. The van der Waals surface area contributed by atoms with Crippen LogP contribution in [0.25, 0.3) is 12.2 Å². The summed E-state index contributed by atoms with van der Waals surface area (Å²) in [6, 6.07) is 4.97. The third-order valence-electron chi connectivity index (χ3n) is 2.42. The second-order valence-electron chi connectivity index (χ2n) is 3.73. The zero-order valence-corrected chi connectivity index (χ0v) is 11.3. The lowest BCUT2D eigenvalue weighted by Gasteiger charge is -1.97. The molecule has 0 aliphatic heterocycles. The molecule has 0 saturated carbocycles. The fraction of sp³-hybridized carbons (Fsp3) is 0.0833. The van der Waals surface area contributed by atoms with Crippen LogP contribution in [-0.2, 0) is 0 Å². The Hall–Kier alpha value is -1.85. The molecule has 1 aromatic carbocycles. The molecule has 98 valence electrons. The smallest absolute Gasteiger partial charge is 0.338 e. The molecule has 2 aromatic rings. The Kier molecular flexibility index (Phi) is 3.87. The molecule has 7 heteroatoms. The SMILES string of the molecule is Cc1onc(C=Cc2ccc(Cl)cc2Cl)c1[N+](=O)[O-]. The van der Waals surface area contributed by atoms with Gasteiger partial charge in [-0.3, -0.25) is 10.1 Å². The first kappa shape index (κ1) is 13.6. The zero-order valence-electron chi connectivity index (χ0n) is 9.76. The van der Waals surface area contributed by atoms with Crippen molar-refractivity contribution in [2.75, 3.05) is 0 Å². The van der Waals surface area contributed by atoms with Gasteiger partial charge in [-0.05, 0) is 23.8 Å². The largest absolute Gasteiger partial charge is 0.354 e. The average molecular weight is 299 g/mol. The number of rotatable bonds is 3. The number of hydrogen-bond donors (Lipinski definition) is 0. The van der Waals surface area contributed by atoms with E-state index in [9.17, 15) is 10.1 Å². The minimum Gasteiger partial charge on any atom is -0.354 e. The zero-order chi connectivity index (χ0) is 14.0. The summed E-state index contributed by atoms with van der Waals surface area (Å²) in [5.41, 5.74) is 0.677. The first-order valence-electron chi connectivity index (χ1n) is 5.23. The lowest BCUT2D eigenvalue weighted by molar-refractivity contribution is -0.386. The van der Waals surface area contributed by atoms with E-state index < -0.39 is 4.92 Å². The number of hydrogen-bond acceptors (Lipinski definition) is 4. The fourth-order valence-electron chi connectivity index (χ4n) is 1.52. The average Bonchev–Trinajstić information content (AvgIpc) is 2.69. The number of aryl methyl sites for hydroxylation is 1. The second-order valence-corrected chi connectivity index (χ2v) is 4.57. The number of nitro groups is 1. The molecular formula is C12H8Cl2N2O3. The van der Waals surface area contributed by atoms with Gasteiger partial charge in [-0.1, -0.05) is 40.5 Å². The maximum absolute atomic E-state index is 10.9. The first-order valence-corrected chi connectivity index (χ1v) is 5.98. The molecule has 2 rings (SSSR count). The maximum atomic E-state index is 10.9. The van der Waals surface area contributed by atoms with Crippen molar-refractivity contribution >= 4 is 41.0 Å². The van der Waals surface area contributed by atoms with E-state index in [4.69, 9.17) is 27.7 Å². The molecular weight excluding hydrogens is 291 g/mol. The van der Waals surface area contributed by atoms with Crippen molar-refractivity contribution in [1.82, 2.24) is 5.16 Å². The van der Waals surface area contributed by atoms with Gasteiger partial charge in [0.1, 0.15) is 0 Å². The Balaban J connectivity index is 2.35. The molecule has 0 saturated heterocycles. The number of nitrogens with zero attached hydrogens (tertiary/aromatic N) is 2. The van der Waals surface area contributed by atoms with Crippen molar-refractivity contribution in [3.8, 4) is 0 Å². The van der Waals surface area contributed by atoms with Crippen LogP contribution in [0.4, 0.5) is 5.69 Å². The highest BCUT2D eigenvalue weighted by Gasteiger charge is 2.21. The van der Waals surface area contributed by atoms with Gasteiger partial charge in [0.15, 0.2) is 5.69 Å². The topological polar surface area (TPSA) is 69.2 Å². The Bertz CT molecular complexity index is 665. The third kappa shape index (κ3) is 2.94. The second kappa shape index (κ2) is 5.42. The monoisotopic (exact) mass is 298 g/mol. The van der Waals surface area contributed by atoms with E-state index in [1.54, 1.807) is 24.3 Å². The molecule has 0 amide bonds. The maximum Gasteiger partial charge on any atom is 0.338 e. The highest BCUT2D eigenvalue weighted by atomic mass is 35.5.